The molecule has 0 aliphatic heterocycles. The van der Waals surface area contributed by atoms with Crippen molar-refractivity contribution in [1.29, 1.82) is 0 Å². The van der Waals surface area contributed by atoms with Crippen LogP contribution in [0.15, 0.2) is 57.6 Å². The zero-order valence-corrected chi connectivity index (χ0v) is 18.6. The number of carbonyl (C=O) groups is 1. The molecule has 0 amide bonds. The minimum atomic E-state index is -4.75. The molecule has 1 unspecified atom stereocenters. The Morgan fingerprint density at radius 1 is 1.00 bits per heavy atom. The fraction of sp³-hybridized carbons (Fsp3) is 0.240. The number of alkyl halides is 3. The second kappa shape index (κ2) is 8.09. The second-order valence-electron chi connectivity index (χ2n) is 8.37. The van der Waals surface area contributed by atoms with Crippen LogP contribution in [0.25, 0.3) is 34.0 Å². The number of carbonyl (C=O) groups excluding carboxylic acids is 1. The van der Waals surface area contributed by atoms with Crippen molar-refractivity contribution in [2.24, 2.45) is 0 Å². The predicted octanol–water partition coefficient (Wildman–Crippen LogP) is 5.16. The maximum Gasteiger partial charge on any atom is 0.422 e. The van der Waals surface area contributed by atoms with E-state index in [1.54, 1.807) is 36.4 Å². The lowest BCUT2D eigenvalue weighted by molar-refractivity contribution is -0.161. The summed E-state index contributed by atoms with van der Waals surface area (Å²) in [7, 11) is 1.18. The Balaban J connectivity index is 1.60. The van der Waals surface area contributed by atoms with E-state index in [-0.39, 0.29) is 11.3 Å². The van der Waals surface area contributed by atoms with Crippen LogP contribution in [0.1, 0.15) is 29.2 Å². The number of halogens is 3. The average Bonchev–Trinajstić information content (AvgIpc) is 3.48. The summed E-state index contributed by atoms with van der Waals surface area (Å²) in [5.41, 5.74) is -0.523. The van der Waals surface area contributed by atoms with Gasteiger partial charge in [-0.05, 0) is 30.9 Å². The van der Waals surface area contributed by atoms with Crippen LogP contribution >= 0.6 is 0 Å². The number of hydrogen-bond donors (Lipinski definition) is 1. The standard InChI is InChI=1S/C25H19F3N2O5/c1-24(32,23(31)33-2)15-9-11-16-14(12-15)8-10-17-19(16)29-35-22(17)20-18(25(26,27)28)21(34-30-20)13-6-4-3-5-7-13/h3-7,9,11-12,32H,8,10H2,1-2H3. The molecule has 5 rings (SSSR count). The van der Waals surface area contributed by atoms with Gasteiger partial charge in [0.25, 0.3) is 0 Å². The third-order valence-corrected chi connectivity index (χ3v) is 6.16. The van der Waals surface area contributed by atoms with Crippen molar-refractivity contribution in [3.05, 3.63) is 70.8 Å². The van der Waals surface area contributed by atoms with Crippen molar-refractivity contribution in [3.63, 3.8) is 0 Å². The SMILES string of the molecule is COC(=O)C(C)(O)c1ccc2c(c1)CCc1c-2noc1-c1noc(-c2ccccc2)c1C(F)(F)F. The quantitative estimate of drug-likeness (QED) is 0.400. The topological polar surface area (TPSA) is 98.6 Å². The molecule has 180 valence electrons. The fourth-order valence-corrected chi connectivity index (χ4v) is 4.34. The summed E-state index contributed by atoms with van der Waals surface area (Å²) in [6.45, 7) is 1.33. The number of aromatic nitrogens is 2. The van der Waals surface area contributed by atoms with Crippen LogP contribution in [0.3, 0.4) is 0 Å². The van der Waals surface area contributed by atoms with Crippen LogP contribution in [-0.2, 0) is 34.2 Å². The van der Waals surface area contributed by atoms with E-state index in [1.807, 2.05) is 0 Å². The summed E-state index contributed by atoms with van der Waals surface area (Å²) < 4.78 is 57.6. The molecule has 4 aromatic rings. The van der Waals surface area contributed by atoms with E-state index in [2.05, 4.69) is 15.1 Å². The molecule has 1 aliphatic carbocycles. The molecule has 0 bridgehead atoms. The maximum atomic E-state index is 14.1. The highest BCUT2D eigenvalue weighted by Crippen LogP contribution is 2.46. The molecule has 10 heteroatoms. The zero-order valence-electron chi connectivity index (χ0n) is 18.6. The van der Waals surface area contributed by atoms with Crippen molar-refractivity contribution >= 4 is 5.97 Å². The highest BCUT2D eigenvalue weighted by Gasteiger charge is 2.43. The first-order valence-corrected chi connectivity index (χ1v) is 10.7. The van der Waals surface area contributed by atoms with Crippen LogP contribution in [0, 0.1) is 0 Å². The molecule has 1 N–H and O–H groups in total. The van der Waals surface area contributed by atoms with E-state index in [9.17, 15) is 23.1 Å². The van der Waals surface area contributed by atoms with Gasteiger partial charge in [0.05, 0.1) is 7.11 Å². The zero-order chi connectivity index (χ0) is 25.0. The monoisotopic (exact) mass is 484 g/mol. The van der Waals surface area contributed by atoms with Crippen molar-refractivity contribution < 1.29 is 36.9 Å². The molecular weight excluding hydrogens is 465 g/mol. The van der Waals surface area contributed by atoms with Gasteiger partial charge < -0.3 is 18.9 Å². The van der Waals surface area contributed by atoms with Crippen LogP contribution in [-0.4, -0.2) is 28.5 Å². The van der Waals surface area contributed by atoms with Crippen LogP contribution in [0.2, 0.25) is 0 Å². The van der Waals surface area contributed by atoms with E-state index >= 15 is 0 Å². The number of benzene rings is 2. The van der Waals surface area contributed by atoms with Gasteiger partial charge >= 0.3 is 12.1 Å². The minimum Gasteiger partial charge on any atom is -0.467 e. The third-order valence-electron chi connectivity index (χ3n) is 6.16. The lowest BCUT2D eigenvalue weighted by Gasteiger charge is -2.23. The van der Waals surface area contributed by atoms with Gasteiger partial charge in [-0.3, -0.25) is 0 Å². The highest BCUT2D eigenvalue weighted by atomic mass is 19.4. The summed E-state index contributed by atoms with van der Waals surface area (Å²) in [5, 5.41) is 18.3. The first kappa shape index (κ1) is 22.9. The fourth-order valence-electron chi connectivity index (χ4n) is 4.34. The minimum absolute atomic E-state index is 0.102. The van der Waals surface area contributed by atoms with Crippen molar-refractivity contribution in [2.45, 2.75) is 31.5 Å². The number of esters is 1. The number of ether oxygens (including phenoxy) is 1. The smallest absolute Gasteiger partial charge is 0.422 e. The largest absolute Gasteiger partial charge is 0.467 e. The predicted molar refractivity (Wildman–Crippen MR) is 117 cm³/mol. The van der Waals surface area contributed by atoms with E-state index in [0.717, 1.165) is 5.56 Å². The van der Waals surface area contributed by atoms with E-state index in [1.165, 1.54) is 26.2 Å². The Kier molecular flexibility index (Phi) is 5.28. The number of rotatable bonds is 4. The molecule has 0 radical (unpaired) electrons. The summed E-state index contributed by atoms with van der Waals surface area (Å²) in [4.78, 5) is 12.0. The number of fused-ring (bicyclic) bond motifs is 3. The third kappa shape index (κ3) is 3.70. The van der Waals surface area contributed by atoms with Crippen LogP contribution in [0.4, 0.5) is 13.2 Å². The van der Waals surface area contributed by atoms with Gasteiger partial charge in [-0.15, -0.1) is 0 Å². The lowest BCUT2D eigenvalue weighted by atomic mass is 9.84. The molecule has 1 atom stereocenters. The van der Waals surface area contributed by atoms with Crippen LogP contribution < -0.4 is 0 Å². The summed E-state index contributed by atoms with van der Waals surface area (Å²) in [6.07, 6.45) is -4.01. The first-order valence-electron chi connectivity index (χ1n) is 10.7. The summed E-state index contributed by atoms with van der Waals surface area (Å²) in [5.74, 6) is -1.31. The Morgan fingerprint density at radius 3 is 2.37 bits per heavy atom. The number of hydrogen-bond acceptors (Lipinski definition) is 7. The number of methoxy groups -OCH3 is 1. The molecule has 0 spiro atoms. The van der Waals surface area contributed by atoms with Crippen molar-refractivity contribution in [1.82, 2.24) is 10.3 Å². The van der Waals surface area contributed by atoms with Gasteiger partial charge in [0.2, 0.25) is 0 Å². The normalized spacial score (nSPS) is 14.7. The number of aryl methyl sites for hydroxylation is 1. The van der Waals surface area contributed by atoms with Gasteiger partial charge in [-0.25, -0.2) is 4.79 Å². The summed E-state index contributed by atoms with van der Waals surface area (Å²) in [6, 6.07) is 12.8. The van der Waals surface area contributed by atoms with Gasteiger partial charge in [-0.2, -0.15) is 13.2 Å². The summed E-state index contributed by atoms with van der Waals surface area (Å²) >= 11 is 0. The van der Waals surface area contributed by atoms with E-state index in [0.29, 0.717) is 35.2 Å². The second-order valence-corrected chi connectivity index (χ2v) is 8.37. The molecule has 1 aliphatic rings. The molecule has 2 aromatic carbocycles. The molecule has 2 aromatic heterocycles. The highest BCUT2D eigenvalue weighted by molar-refractivity contribution is 5.82. The Morgan fingerprint density at radius 2 is 1.69 bits per heavy atom. The molecule has 7 nitrogen and oxygen atoms in total. The average molecular weight is 484 g/mol. The van der Waals surface area contributed by atoms with Gasteiger partial charge in [0, 0.05) is 16.7 Å². The Bertz CT molecular complexity index is 1420. The van der Waals surface area contributed by atoms with Gasteiger partial charge in [0.1, 0.15) is 11.3 Å². The van der Waals surface area contributed by atoms with E-state index < -0.39 is 34.8 Å². The number of nitrogens with zero attached hydrogens (tertiary/aromatic N) is 2. The molecule has 0 saturated carbocycles. The molecule has 35 heavy (non-hydrogen) atoms. The molecule has 0 fully saturated rings. The maximum absolute atomic E-state index is 14.1. The van der Waals surface area contributed by atoms with Crippen molar-refractivity contribution in [3.8, 4) is 34.0 Å². The van der Waals surface area contributed by atoms with Crippen molar-refractivity contribution in [2.75, 3.05) is 7.11 Å². The van der Waals surface area contributed by atoms with Gasteiger partial charge in [0.15, 0.2) is 22.8 Å². The molecular formula is C25H19F3N2O5. The molecule has 2 heterocycles. The lowest BCUT2D eigenvalue weighted by Crippen LogP contribution is -2.33. The first-order chi connectivity index (χ1) is 16.6. The number of aliphatic hydroxyl groups is 1. The Hall–Kier alpha value is -3.92. The Labute approximate surface area is 197 Å². The van der Waals surface area contributed by atoms with Gasteiger partial charge in [-0.1, -0.05) is 58.8 Å². The molecule has 0 saturated heterocycles. The van der Waals surface area contributed by atoms with E-state index in [4.69, 9.17) is 9.05 Å². The van der Waals surface area contributed by atoms with Crippen LogP contribution in [0.5, 0.6) is 0 Å².